The summed E-state index contributed by atoms with van der Waals surface area (Å²) >= 11 is 0. The Bertz CT molecular complexity index is 997. The second-order valence-corrected chi connectivity index (χ2v) is 5.40. The molecule has 4 heteroatoms. The lowest BCUT2D eigenvalue weighted by Crippen LogP contribution is -1.93. The van der Waals surface area contributed by atoms with Crippen molar-refractivity contribution in [2.75, 3.05) is 7.11 Å². The predicted molar refractivity (Wildman–Crippen MR) is 94.8 cm³/mol. The quantitative estimate of drug-likeness (QED) is 0.563. The van der Waals surface area contributed by atoms with Crippen LogP contribution in [0.3, 0.4) is 0 Å². The Morgan fingerprint density at radius 2 is 1.71 bits per heavy atom. The summed E-state index contributed by atoms with van der Waals surface area (Å²) in [5, 5.41) is 1.11. The molecular formula is C20H15N3O. The van der Waals surface area contributed by atoms with E-state index in [2.05, 4.69) is 22.1 Å². The summed E-state index contributed by atoms with van der Waals surface area (Å²) < 4.78 is 5.22. The largest absolute Gasteiger partial charge is 0.497 e. The van der Waals surface area contributed by atoms with Crippen molar-refractivity contribution in [3.8, 4) is 28.3 Å². The Labute approximate surface area is 139 Å². The van der Waals surface area contributed by atoms with Crippen LogP contribution in [-0.2, 0) is 0 Å². The highest BCUT2D eigenvalue weighted by molar-refractivity contribution is 5.84. The molecule has 2 heterocycles. The first kappa shape index (κ1) is 14.3. The summed E-state index contributed by atoms with van der Waals surface area (Å²) in [6.45, 7) is 0. The van der Waals surface area contributed by atoms with Gasteiger partial charge in [0.25, 0.3) is 0 Å². The van der Waals surface area contributed by atoms with Gasteiger partial charge in [0, 0.05) is 22.7 Å². The predicted octanol–water partition coefficient (Wildman–Crippen LogP) is 4.37. The summed E-state index contributed by atoms with van der Waals surface area (Å²) in [5.74, 6) is 0.818. The van der Waals surface area contributed by atoms with Crippen LogP contribution in [0.25, 0.3) is 33.4 Å². The fourth-order valence-corrected chi connectivity index (χ4v) is 2.71. The smallest absolute Gasteiger partial charge is 0.118 e. The number of nitrogens with zero attached hydrogens (tertiary/aromatic N) is 3. The van der Waals surface area contributed by atoms with E-state index in [-0.39, 0.29) is 0 Å². The molecule has 24 heavy (non-hydrogen) atoms. The molecule has 4 nitrogen and oxygen atoms in total. The first-order valence-electron chi connectivity index (χ1n) is 7.66. The summed E-state index contributed by atoms with van der Waals surface area (Å²) in [7, 11) is 1.66. The van der Waals surface area contributed by atoms with Gasteiger partial charge in [0.1, 0.15) is 12.1 Å². The molecule has 0 atom stereocenters. The summed E-state index contributed by atoms with van der Waals surface area (Å²) in [4.78, 5) is 13.4. The molecule has 0 aliphatic carbocycles. The highest BCUT2D eigenvalue weighted by atomic mass is 16.5. The minimum atomic E-state index is 0.818. The van der Waals surface area contributed by atoms with Crippen molar-refractivity contribution < 1.29 is 4.74 Å². The monoisotopic (exact) mass is 313 g/mol. The Balaban J connectivity index is 1.85. The molecule has 4 aromatic rings. The fourth-order valence-electron chi connectivity index (χ4n) is 2.71. The second kappa shape index (κ2) is 6.08. The van der Waals surface area contributed by atoms with Gasteiger partial charge in [0.05, 0.1) is 24.0 Å². The lowest BCUT2D eigenvalue weighted by Gasteiger charge is -2.09. The van der Waals surface area contributed by atoms with Crippen molar-refractivity contribution in [2.24, 2.45) is 0 Å². The average molecular weight is 313 g/mol. The van der Waals surface area contributed by atoms with Crippen molar-refractivity contribution in [2.45, 2.75) is 0 Å². The molecule has 0 saturated heterocycles. The summed E-state index contributed by atoms with van der Waals surface area (Å²) in [6, 6.07) is 20.0. The molecule has 0 N–H and O–H groups in total. The zero-order chi connectivity index (χ0) is 16.4. The van der Waals surface area contributed by atoms with Gasteiger partial charge >= 0.3 is 0 Å². The molecule has 0 fully saturated rings. The number of rotatable bonds is 3. The average Bonchev–Trinajstić information content (AvgIpc) is 2.68. The SMILES string of the molecule is COc1ccc(-c2ncncc2-c2ccc3ccccc3n2)cc1. The van der Waals surface area contributed by atoms with Crippen LogP contribution < -0.4 is 4.74 Å². The van der Waals surface area contributed by atoms with Crippen LogP contribution >= 0.6 is 0 Å². The molecule has 0 radical (unpaired) electrons. The molecule has 0 aliphatic rings. The first-order valence-corrected chi connectivity index (χ1v) is 7.66. The van der Waals surface area contributed by atoms with Crippen molar-refractivity contribution in [1.29, 1.82) is 0 Å². The maximum Gasteiger partial charge on any atom is 0.118 e. The summed E-state index contributed by atoms with van der Waals surface area (Å²) in [5.41, 5.74) is 4.59. The second-order valence-electron chi connectivity index (χ2n) is 5.40. The third-order valence-corrected chi connectivity index (χ3v) is 3.95. The number of methoxy groups -OCH3 is 1. The van der Waals surface area contributed by atoms with E-state index >= 15 is 0 Å². The van der Waals surface area contributed by atoms with E-state index in [1.807, 2.05) is 54.7 Å². The molecule has 0 unspecified atom stereocenters. The third kappa shape index (κ3) is 2.58. The van der Waals surface area contributed by atoms with Crippen molar-refractivity contribution in [3.05, 3.63) is 73.2 Å². The minimum Gasteiger partial charge on any atom is -0.497 e. The van der Waals surface area contributed by atoms with Crippen LogP contribution in [-0.4, -0.2) is 22.1 Å². The molecule has 0 amide bonds. The number of aromatic nitrogens is 3. The maximum absolute atomic E-state index is 5.22. The molecule has 0 aliphatic heterocycles. The molecule has 0 bridgehead atoms. The number of hydrogen-bond acceptors (Lipinski definition) is 4. The van der Waals surface area contributed by atoms with Crippen molar-refractivity contribution in [3.63, 3.8) is 0 Å². The lowest BCUT2D eigenvalue weighted by atomic mass is 10.0. The van der Waals surface area contributed by atoms with Crippen molar-refractivity contribution in [1.82, 2.24) is 15.0 Å². The third-order valence-electron chi connectivity index (χ3n) is 3.95. The number of ether oxygens (including phenoxy) is 1. The summed E-state index contributed by atoms with van der Waals surface area (Å²) in [6.07, 6.45) is 3.37. The Morgan fingerprint density at radius 1 is 0.875 bits per heavy atom. The van der Waals surface area contributed by atoms with E-state index < -0.39 is 0 Å². The Kier molecular flexibility index (Phi) is 3.63. The Hall–Kier alpha value is -3.27. The highest BCUT2D eigenvalue weighted by Gasteiger charge is 2.11. The van der Waals surface area contributed by atoms with Crippen LogP contribution in [0, 0.1) is 0 Å². The van der Waals surface area contributed by atoms with E-state index in [1.54, 1.807) is 13.4 Å². The first-order chi connectivity index (χ1) is 11.8. The molecular weight excluding hydrogens is 298 g/mol. The minimum absolute atomic E-state index is 0.818. The van der Waals surface area contributed by atoms with Crippen LogP contribution in [0.15, 0.2) is 73.2 Å². The lowest BCUT2D eigenvalue weighted by molar-refractivity contribution is 0.415. The maximum atomic E-state index is 5.22. The van der Waals surface area contributed by atoms with Crippen LogP contribution in [0.1, 0.15) is 0 Å². The van der Waals surface area contributed by atoms with E-state index in [0.29, 0.717) is 0 Å². The zero-order valence-corrected chi connectivity index (χ0v) is 13.2. The van der Waals surface area contributed by atoms with Gasteiger partial charge in [-0.3, -0.25) is 0 Å². The molecule has 2 aromatic heterocycles. The Morgan fingerprint density at radius 3 is 2.54 bits per heavy atom. The van der Waals surface area contributed by atoms with E-state index in [1.165, 1.54) is 0 Å². The molecule has 4 rings (SSSR count). The zero-order valence-electron chi connectivity index (χ0n) is 13.2. The van der Waals surface area contributed by atoms with Gasteiger partial charge in [0.2, 0.25) is 0 Å². The van der Waals surface area contributed by atoms with E-state index in [0.717, 1.165) is 39.2 Å². The standard InChI is InChI=1S/C20H15N3O/c1-24-16-9-6-15(7-10-16)20-17(12-21-13-22-20)19-11-8-14-4-2-3-5-18(14)23-19/h2-13H,1H3. The highest BCUT2D eigenvalue weighted by Crippen LogP contribution is 2.30. The van der Waals surface area contributed by atoms with Gasteiger partial charge in [0.15, 0.2) is 0 Å². The van der Waals surface area contributed by atoms with Gasteiger partial charge in [-0.05, 0) is 36.4 Å². The fraction of sp³-hybridized carbons (Fsp3) is 0.0500. The van der Waals surface area contributed by atoms with E-state index in [4.69, 9.17) is 9.72 Å². The molecule has 0 saturated carbocycles. The molecule has 116 valence electrons. The number of para-hydroxylation sites is 1. The van der Waals surface area contributed by atoms with Gasteiger partial charge in [-0.15, -0.1) is 0 Å². The topological polar surface area (TPSA) is 47.9 Å². The van der Waals surface area contributed by atoms with Crippen LogP contribution in [0.2, 0.25) is 0 Å². The van der Waals surface area contributed by atoms with Gasteiger partial charge in [-0.2, -0.15) is 0 Å². The van der Waals surface area contributed by atoms with Gasteiger partial charge in [-0.1, -0.05) is 24.3 Å². The van der Waals surface area contributed by atoms with E-state index in [9.17, 15) is 0 Å². The normalized spacial score (nSPS) is 10.7. The van der Waals surface area contributed by atoms with Gasteiger partial charge < -0.3 is 4.74 Å². The van der Waals surface area contributed by atoms with Crippen molar-refractivity contribution >= 4 is 10.9 Å². The number of fused-ring (bicyclic) bond motifs is 1. The van der Waals surface area contributed by atoms with Gasteiger partial charge in [-0.25, -0.2) is 15.0 Å². The number of hydrogen-bond donors (Lipinski definition) is 0. The number of benzene rings is 2. The van der Waals surface area contributed by atoms with Crippen LogP contribution in [0.5, 0.6) is 5.75 Å². The number of pyridine rings is 1. The molecule has 0 spiro atoms. The molecule has 2 aromatic carbocycles. The van der Waals surface area contributed by atoms with Crippen LogP contribution in [0.4, 0.5) is 0 Å².